The highest BCUT2D eigenvalue weighted by molar-refractivity contribution is 7.89. The quantitative estimate of drug-likeness (QED) is 0.641. The molecule has 0 unspecified atom stereocenters. The van der Waals surface area contributed by atoms with E-state index in [0.717, 1.165) is 11.1 Å². The molecule has 9 heteroatoms. The Bertz CT molecular complexity index is 984. The number of nitrogens with zero attached hydrogens (tertiary/aromatic N) is 2. The molecule has 160 valence electrons. The van der Waals surface area contributed by atoms with E-state index in [1.165, 1.54) is 10.4 Å². The van der Waals surface area contributed by atoms with Crippen LogP contribution < -0.4 is 10.1 Å². The fourth-order valence-corrected chi connectivity index (χ4v) is 4.33. The van der Waals surface area contributed by atoms with Crippen LogP contribution in [0, 0.1) is 0 Å². The van der Waals surface area contributed by atoms with Gasteiger partial charge in [-0.3, -0.25) is 4.79 Å². The highest BCUT2D eigenvalue weighted by Gasteiger charge is 2.25. The molecule has 1 aromatic heterocycles. The molecule has 1 aliphatic rings. The normalized spacial score (nSPS) is 15.2. The summed E-state index contributed by atoms with van der Waals surface area (Å²) in [5.41, 5.74) is 1.52. The maximum absolute atomic E-state index is 12.6. The fourth-order valence-electron chi connectivity index (χ4n) is 2.93. The number of pyridine rings is 1. The second kappa shape index (κ2) is 10.3. The summed E-state index contributed by atoms with van der Waals surface area (Å²) in [4.78, 5) is 16.5. The minimum Gasteiger partial charge on any atom is -0.478 e. The van der Waals surface area contributed by atoms with Crippen molar-refractivity contribution < 1.29 is 22.7 Å². The van der Waals surface area contributed by atoms with Gasteiger partial charge in [0.25, 0.3) is 0 Å². The monoisotopic (exact) mass is 431 g/mol. The fraction of sp³-hybridized carbons (Fsp3) is 0.333. The summed E-state index contributed by atoms with van der Waals surface area (Å²) in [5.74, 6) is 0.229. The topological polar surface area (TPSA) is 97.8 Å². The highest BCUT2D eigenvalue weighted by atomic mass is 32.2. The summed E-state index contributed by atoms with van der Waals surface area (Å²) in [6, 6.07) is 10.1. The predicted molar refractivity (Wildman–Crippen MR) is 112 cm³/mol. The molecule has 1 N–H and O–H groups in total. The van der Waals surface area contributed by atoms with Gasteiger partial charge in [0.2, 0.25) is 21.8 Å². The van der Waals surface area contributed by atoms with E-state index in [-0.39, 0.29) is 10.8 Å². The lowest BCUT2D eigenvalue weighted by molar-refractivity contribution is -0.116. The number of carbonyl (C=O) groups excluding carboxylic acids is 1. The van der Waals surface area contributed by atoms with E-state index in [4.69, 9.17) is 9.47 Å². The Hall–Kier alpha value is -2.75. The number of morpholine rings is 1. The Labute approximate surface area is 176 Å². The second-order valence-electron chi connectivity index (χ2n) is 6.54. The first-order chi connectivity index (χ1) is 14.5. The molecule has 2 heterocycles. The first kappa shape index (κ1) is 21.9. The van der Waals surface area contributed by atoms with Crippen molar-refractivity contribution in [1.29, 1.82) is 0 Å². The van der Waals surface area contributed by atoms with Crippen LogP contribution in [0.4, 0.5) is 0 Å². The van der Waals surface area contributed by atoms with E-state index in [1.807, 2.05) is 13.0 Å². The standard InChI is InChI=1S/C21H25N3O5S/c1-2-29-21-18(4-3-11-22-21)16-23-20(25)10-7-17-5-8-19(9-6-17)30(26,27)24-12-14-28-15-13-24/h3-11H,2,12-16H2,1H3,(H,23,25)/b10-7+. The van der Waals surface area contributed by atoms with Crippen molar-refractivity contribution in [1.82, 2.24) is 14.6 Å². The van der Waals surface area contributed by atoms with Crippen molar-refractivity contribution in [2.75, 3.05) is 32.9 Å². The van der Waals surface area contributed by atoms with Crippen LogP contribution in [0.1, 0.15) is 18.1 Å². The maximum Gasteiger partial charge on any atom is 0.244 e. The average Bonchev–Trinajstić information content (AvgIpc) is 2.78. The lowest BCUT2D eigenvalue weighted by Gasteiger charge is -2.26. The number of rotatable bonds is 8. The molecule has 8 nitrogen and oxygen atoms in total. The van der Waals surface area contributed by atoms with Crippen molar-refractivity contribution in [3.05, 3.63) is 59.8 Å². The van der Waals surface area contributed by atoms with Crippen LogP contribution in [0.25, 0.3) is 6.08 Å². The molecular formula is C21H25N3O5S. The molecule has 0 atom stereocenters. The van der Waals surface area contributed by atoms with Gasteiger partial charge in [0, 0.05) is 37.5 Å². The van der Waals surface area contributed by atoms with Gasteiger partial charge in [0.15, 0.2) is 0 Å². The number of sulfonamides is 1. The van der Waals surface area contributed by atoms with E-state index >= 15 is 0 Å². The van der Waals surface area contributed by atoms with Crippen LogP contribution in [0.15, 0.2) is 53.6 Å². The Morgan fingerprint density at radius 1 is 1.23 bits per heavy atom. The Morgan fingerprint density at radius 3 is 2.67 bits per heavy atom. The van der Waals surface area contributed by atoms with E-state index < -0.39 is 10.0 Å². The molecule has 1 fully saturated rings. The number of aromatic nitrogens is 1. The van der Waals surface area contributed by atoms with Crippen LogP contribution >= 0.6 is 0 Å². The molecule has 1 saturated heterocycles. The van der Waals surface area contributed by atoms with Gasteiger partial charge < -0.3 is 14.8 Å². The molecule has 0 aliphatic carbocycles. The second-order valence-corrected chi connectivity index (χ2v) is 8.48. The van der Waals surface area contributed by atoms with Gasteiger partial charge in [-0.25, -0.2) is 13.4 Å². The molecule has 1 aliphatic heterocycles. The van der Waals surface area contributed by atoms with Gasteiger partial charge in [-0.15, -0.1) is 0 Å². The summed E-state index contributed by atoms with van der Waals surface area (Å²) in [5, 5.41) is 2.79. The van der Waals surface area contributed by atoms with Gasteiger partial charge in [-0.05, 0) is 36.8 Å². The SMILES string of the molecule is CCOc1ncccc1CNC(=O)/C=C/c1ccc(S(=O)(=O)N2CCOCC2)cc1. The predicted octanol–water partition coefficient (Wildman–Crippen LogP) is 1.83. The van der Waals surface area contributed by atoms with Gasteiger partial charge in [0.1, 0.15) is 0 Å². The molecule has 0 bridgehead atoms. The van der Waals surface area contributed by atoms with Gasteiger partial charge >= 0.3 is 0 Å². The van der Waals surface area contributed by atoms with Crippen molar-refractivity contribution in [2.45, 2.75) is 18.4 Å². The molecular weight excluding hydrogens is 406 g/mol. The van der Waals surface area contributed by atoms with Crippen molar-refractivity contribution in [3.8, 4) is 5.88 Å². The van der Waals surface area contributed by atoms with Crippen LogP contribution in [-0.4, -0.2) is 56.5 Å². The van der Waals surface area contributed by atoms with Crippen molar-refractivity contribution in [2.24, 2.45) is 0 Å². The molecule has 2 aromatic rings. The smallest absolute Gasteiger partial charge is 0.244 e. The number of benzene rings is 1. The summed E-state index contributed by atoms with van der Waals surface area (Å²) in [6.45, 7) is 4.17. The zero-order chi connectivity index (χ0) is 21.4. The lowest BCUT2D eigenvalue weighted by Crippen LogP contribution is -2.40. The summed E-state index contributed by atoms with van der Waals surface area (Å²) < 4.78 is 37.3. The highest BCUT2D eigenvalue weighted by Crippen LogP contribution is 2.18. The minimum atomic E-state index is -3.53. The number of ether oxygens (including phenoxy) is 2. The van der Waals surface area contributed by atoms with Crippen LogP contribution in [0.3, 0.4) is 0 Å². The van der Waals surface area contributed by atoms with Gasteiger partial charge in [-0.1, -0.05) is 18.2 Å². The van der Waals surface area contributed by atoms with Crippen molar-refractivity contribution >= 4 is 22.0 Å². The molecule has 0 saturated carbocycles. The number of carbonyl (C=O) groups is 1. The Kier molecular flexibility index (Phi) is 7.56. The Morgan fingerprint density at radius 2 is 1.97 bits per heavy atom. The number of hydrogen-bond acceptors (Lipinski definition) is 6. The number of nitrogens with one attached hydrogen (secondary N) is 1. The van der Waals surface area contributed by atoms with Crippen LogP contribution in [0.5, 0.6) is 5.88 Å². The van der Waals surface area contributed by atoms with Crippen LogP contribution in [0.2, 0.25) is 0 Å². The van der Waals surface area contributed by atoms with E-state index in [2.05, 4.69) is 10.3 Å². The lowest BCUT2D eigenvalue weighted by atomic mass is 10.2. The summed E-state index contributed by atoms with van der Waals surface area (Å²) >= 11 is 0. The average molecular weight is 432 g/mol. The van der Waals surface area contributed by atoms with E-state index in [1.54, 1.807) is 42.6 Å². The maximum atomic E-state index is 12.6. The molecule has 0 spiro atoms. The first-order valence-corrected chi connectivity index (χ1v) is 11.2. The number of hydrogen-bond donors (Lipinski definition) is 1. The first-order valence-electron chi connectivity index (χ1n) is 9.71. The van der Waals surface area contributed by atoms with E-state index in [0.29, 0.717) is 45.3 Å². The van der Waals surface area contributed by atoms with Gasteiger partial charge in [0.05, 0.1) is 24.7 Å². The summed E-state index contributed by atoms with van der Waals surface area (Å²) in [6.07, 6.45) is 4.68. The third-order valence-corrected chi connectivity index (χ3v) is 6.41. The zero-order valence-electron chi connectivity index (χ0n) is 16.8. The van der Waals surface area contributed by atoms with Gasteiger partial charge in [-0.2, -0.15) is 4.31 Å². The molecule has 1 aromatic carbocycles. The third kappa shape index (κ3) is 5.65. The minimum absolute atomic E-state index is 0.228. The third-order valence-electron chi connectivity index (χ3n) is 4.50. The largest absolute Gasteiger partial charge is 0.478 e. The molecule has 3 rings (SSSR count). The molecule has 1 amide bonds. The van der Waals surface area contributed by atoms with Crippen molar-refractivity contribution in [3.63, 3.8) is 0 Å². The van der Waals surface area contributed by atoms with Crippen LogP contribution in [-0.2, 0) is 26.1 Å². The zero-order valence-corrected chi connectivity index (χ0v) is 17.6. The van der Waals surface area contributed by atoms with E-state index in [9.17, 15) is 13.2 Å². The summed E-state index contributed by atoms with van der Waals surface area (Å²) in [7, 11) is -3.53. The Balaban J connectivity index is 1.58. The number of amides is 1. The molecule has 0 radical (unpaired) electrons. The molecule has 30 heavy (non-hydrogen) atoms.